The first-order chi connectivity index (χ1) is 10.4. The first-order valence-electron chi connectivity index (χ1n) is 6.50. The van der Waals surface area contributed by atoms with Gasteiger partial charge in [-0.15, -0.1) is 0 Å². The number of hydrazone groups is 1. The molecule has 2 aromatic carbocycles. The number of fused-ring (bicyclic) bond motifs is 1. The predicted molar refractivity (Wildman–Crippen MR) is 83.7 cm³/mol. The van der Waals surface area contributed by atoms with Gasteiger partial charge in [0.05, 0.1) is 18.8 Å². The summed E-state index contributed by atoms with van der Waals surface area (Å²) in [5.41, 5.74) is 4.72. The number of hydrogen-bond donors (Lipinski definition) is 1. The molecule has 0 fully saturated rings. The lowest BCUT2D eigenvalue weighted by Gasteiger charge is -2.05. The van der Waals surface area contributed by atoms with Gasteiger partial charge in [-0.05, 0) is 24.3 Å². The topological polar surface area (TPSA) is 59.4 Å². The molecule has 3 aromatic rings. The molecule has 0 atom stereocenters. The van der Waals surface area contributed by atoms with Crippen LogP contribution in [0.2, 0.25) is 0 Å². The molecule has 0 aliphatic rings. The van der Waals surface area contributed by atoms with Gasteiger partial charge in [-0.2, -0.15) is 5.10 Å². The van der Waals surface area contributed by atoms with Crippen LogP contribution in [0.15, 0.2) is 60.0 Å². The molecule has 0 unspecified atom stereocenters. The molecule has 0 radical (unpaired) electrons. The maximum absolute atomic E-state index is 5.27. The molecule has 0 bridgehead atoms. The Bertz CT molecular complexity index is 781. The van der Waals surface area contributed by atoms with Gasteiger partial charge in [0.2, 0.25) is 0 Å². The fourth-order valence-electron chi connectivity index (χ4n) is 2.03. The number of rotatable bonds is 4. The van der Waals surface area contributed by atoms with Crippen LogP contribution in [0, 0.1) is 0 Å². The lowest BCUT2D eigenvalue weighted by atomic mass is 10.2. The lowest BCUT2D eigenvalue weighted by Crippen LogP contribution is -1.97. The van der Waals surface area contributed by atoms with Crippen molar-refractivity contribution in [2.75, 3.05) is 12.5 Å². The zero-order chi connectivity index (χ0) is 14.5. The van der Waals surface area contributed by atoms with Crippen LogP contribution in [-0.4, -0.2) is 23.3 Å². The highest BCUT2D eigenvalue weighted by atomic mass is 16.5. The van der Waals surface area contributed by atoms with Gasteiger partial charge in [-0.3, -0.25) is 5.43 Å². The molecule has 1 aromatic heterocycles. The Morgan fingerprint density at radius 3 is 2.76 bits per heavy atom. The number of aromatic nitrogens is 2. The van der Waals surface area contributed by atoms with Gasteiger partial charge >= 0.3 is 0 Å². The van der Waals surface area contributed by atoms with E-state index in [4.69, 9.17) is 4.74 Å². The van der Waals surface area contributed by atoms with E-state index in [9.17, 15) is 0 Å². The largest absolute Gasteiger partial charge is 0.496 e. The van der Waals surface area contributed by atoms with Gasteiger partial charge in [-0.25, -0.2) is 9.97 Å². The maximum Gasteiger partial charge on any atom is 0.157 e. The van der Waals surface area contributed by atoms with E-state index in [1.54, 1.807) is 13.3 Å². The summed E-state index contributed by atoms with van der Waals surface area (Å²) in [5, 5.41) is 5.15. The van der Waals surface area contributed by atoms with Gasteiger partial charge in [0.1, 0.15) is 12.1 Å². The number of ether oxygens (including phenoxy) is 1. The van der Waals surface area contributed by atoms with Crippen LogP contribution in [0.25, 0.3) is 10.9 Å². The van der Waals surface area contributed by atoms with Crippen molar-refractivity contribution >= 4 is 22.9 Å². The molecule has 0 saturated carbocycles. The monoisotopic (exact) mass is 278 g/mol. The Hall–Kier alpha value is -2.95. The van der Waals surface area contributed by atoms with E-state index in [0.717, 1.165) is 22.2 Å². The second-order valence-corrected chi connectivity index (χ2v) is 4.35. The molecule has 0 aliphatic heterocycles. The minimum Gasteiger partial charge on any atom is -0.496 e. The van der Waals surface area contributed by atoms with E-state index in [1.165, 1.54) is 6.33 Å². The third-order valence-corrected chi connectivity index (χ3v) is 3.06. The van der Waals surface area contributed by atoms with Crippen molar-refractivity contribution in [3.63, 3.8) is 0 Å². The van der Waals surface area contributed by atoms with Gasteiger partial charge in [0.15, 0.2) is 5.82 Å². The molecular formula is C16H14N4O. The number of anilines is 1. The smallest absolute Gasteiger partial charge is 0.157 e. The van der Waals surface area contributed by atoms with E-state index in [2.05, 4.69) is 20.5 Å². The number of hydrogen-bond acceptors (Lipinski definition) is 5. The second-order valence-electron chi connectivity index (χ2n) is 4.35. The second kappa shape index (κ2) is 6.00. The number of benzene rings is 2. The van der Waals surface area contributed by atoms with E-state index < -0.39 is 0 Å². The highest BCUT2D eigenvalue weighted by Gasteiger charge is 2.01. The van der Waals surface area contributed by atoms with Crippen molar-refractivity contribution in [3.8, 4) is 5.75 Å². The molecule has 5 heteroatoms. The van der Waals surface area contributed by atoms with Crippen molar-refractivity contribution in [2.45, 2.75) is 0 Å². The average molecular weight is 278 g/mol. The standard InChI is InChI=1S/C16H14N4O/c1-21-15-9-5-2-6-12(15)10-19-20-16-13-7-3-4-8-14(13)17-11-18-16/h2-11H,1H3,(H,17,18,20)/b19-10-. The summed E-state index contributed by atoms with van der Waals surface area (Å²) < 4.78 is 5.27. The molecule has 0 amide bonds. The Labute approximate surface area is 122 Å². The van der Waals surface area contributed by atoms with Gasteiger partial charge in [-0.1, -0.05) is 24.3 Å². The van der Waals surface area contributed by atoms with Gasteiger partial charge < -0.3 is 4.74 Å². The van der Waals surface area contributed by atoms with E-state index >= 15 is 0 Å². The molecule has 0 saturated heterocycles. The first kappa shape index (κ1) is 13.1. The molecule has 0 spiro atoms. The third-order valence-electron chi connectivity index (χ3n) is 3.06. The number of para-hydroxylation sites is 2. The summed E-state index contributed by atoms with van der Waals surface area (Å²) in [6.45, 7) is 0. The highest BCUT2D eigenvalue weighted by molar-refractivity contribution is 5.89. The minimum atomic E-state index is 0.673. The summed E-state index contributed by atoms with van der Waals surface area (Å²) >= 11 is 0. The molecule has 3 rings (SSSR count). The van der Waals surface area contributed by atoms with Gasteiger partial charge in [0.25, 0.3) is 0 Å². The quantitative estimate of drug-likeness (QED) is 0.588. The average Bonchev–Trinajstić information content (AvgIpc) is 2.55. The molecule has 104 valence electrons. The van der Waals surface area contributed by atoms with Crippen LogP contribution in [0.1, 0.15) is 5.56 Å². The molecule has 1 N–H and O–H groups in total. The summed E-state index contributed by atoms with van der Waals surface area (Å²) in [5.74, 6) is 1.45. The summed E-state index contributed by atoms with van der Waals surface area (Å²) in [7, 11) is 1.64. The van der Waals surface area contributed by atoms with Crippen LogP contribution in [-0.2, 0) is 0 Å². The first-order valence-corrected chi connectivity index (χ1v) is 6.50. The van der Waals surface area contributed by atoms with Crippen molar-refractivity contribution in [1.82, 2.24) is 9.97 Å². The maximum atomic E-state index is 5.27. The zero-order valence-electron chi connectivity index (χ0n) is 11.5. The molecule has 0 aliphatic carbocycles. The lowest BCUT2D eigenvalue weighted by molar-refractivity contribution is 0.414. The summed E-state index contributed by atoms with van der Waals surface area (Å²) in [4.78, 5) is 8.43. The Morgan fingerprint density at radius 2 is 1.86 bits per heavy atom. The van der Waals surface area contributed by atoms with Crippen molar-refractivity contribution < 1.29 is 4.74 Å². The Balaban J connectivity index is 1.85. The third kappa shape index (κ3) is 2.81. The molecule has 1 heterocycles. The van der Waals surface area contributed by atoms with Crippen molar-refractivity contribution in [2.24, 2.45) is 5.10 Å². The van der Waals surface area contributed by atoms with Crippen molar-refractivity contribution in [1.29, 1.82) is 0 Å². The van der Waals surface area contributed by atoms with Crippen LogP contribution in [0.4, 0.5) is 5.82 Å². The summed E-state index contributed by atoms with van der Waals surface area (Å²) in [6, 6.07) is 15.5. The van der Waals surface area contributed by atoms with Crippen LogP contribution < -0.4 is 10.2 Å². The fourth-order valence-corrected chi connectivity index (χ4v) is 2.03. The van der Waals surface area contributed by atoms with Crippen LogP contribution in [0.3, 0.4) is 0 Å². The number of nitrogens with zero attached hydrogens (tertiary/aromatic N) is 3. The Morgan fingerprint density at radius 1 is 1.05 bits per heavy atom. The molecular weight excluding hydrogens is 264 g/mol. The van der Waals surface area contributed by atoms with E-state index in [-0.39, 0.29) is 0 Å². The van der Waals surface area contributed by atoms with Gasteiger partial charge in [0, 0.05) is 10.9 Å². The molecule has 5 nitrogen and oxygen atoms in total. The minimum absolute atomic E-state index is 0.673. The number of nitrogens with one attached hydrogen (secondary N) is 1. The summed E-state index contributed by atoms with van der Waals surface area (Å²) in [6.07, 6.45) is 3.22. The number of methoxy groups -OCH3 is 1. The van der Waals surface area contributed by atoms with Crippen LogP contribution in [0.5, 0.6) is 5.75 Å². The van der Waals surface area contributed by atoms with Crippen molar-refractivity contribution in [3.05, 3.63) is 60.4 Å². The SMILES string of the molecule is COc1ccccc1/C=N\Nc1ncnc2ccccc12. The van der Waals surface area contributed by atoms with E-state index in [0.29, 0.717) is 5.82 Å². The fraction of sp³-hybridized carbons (Fsp3) is 0.0625. The predicted octanol–water partition coefficient (Wildman–Crippen LogP) is 3.08. The Kier molecular flexibility index (Phi) is 3.73. The highest BCUT2D eigenvalue weighted by Crippen LogP contribution is 2.18. The molecule has 21 heavy (non-hydrogen) atoms. The van der Waals surface area contributed by atoms with E-state index in [1.807, 2.05) is 48.5 Å². The normalized spacial score (nSPS) is 10.9. The van der Waals surface area contributed by atoms with Crippen LogP contribution >= 0.6 is 0 Å². The zero-order valence-corrected chi connectivity index (χ0v) is 11.5.